The van der Waals surface area contributed by atoms with E-state index in [2.05, 4.69) is 63.6 Å². The van der Waals surface area contributed by atoms with Gasteiger partial charge in [0.1, 0.15) is 11.6 Å². The molecule has 0 fully saturated rings. The number of hydrogen-bond donors (Lipinski definition) is 4. The van der Waals surface area contributed by atoms with E-state index in [-0.39, 0.29) is 92.1 Å². The van der Waals surface area contributed by atoms with Gasteiger partial charge in [-0.05, 0) is 83.3 Å². The topological polar surface area (TPSA) is 222 Å². The molecule has 4 aromatic heterocycles. The van der Waals surface area contributed by atoms with E-state index in [0.29, 0.717) is 36.1 Å². The van der Waals surface area contributed by atoms with E-state index in [1.165, 1.54) is 12.1 Å². The Labute approximate surface area is 433 Å². The van der Waals surface area contributed by atoms with Gasteiger partial charge in [-0.1, -0.05) is 111 Å². The maximum absolute atomic E-state index is 11.5. The minimum Gasteiger partial charge on any atom is -0.545 e. The van der Waals surface area contributed by atoms with Crippen LogP contribution in [-0.2, 0) is 12.8 Å². The predicted octanol–water partition coefficient (Wildman–Crippen LogP) is 0.722. The van der Waals surface area contributed by atoms with Crippen molar-refractivity contribution in [2.75, 3.05) is 10.6 Å². The number of rotatable bonds is 16. The van der Waals surface area contributed by atoms with Gasteiger partial charge >= 0.3 is 68.9 Å². The Morgan fingerprint density at radius 2 is 0.909 bits per heavy atom. The number of carboxylic acid groups (broad SMARTS) is 2. The molecule has 0 saturated carbocycles. The van der Waals surface area contributed by atoms with Crippen LogP contribution in [0.4, 0.5) is 11.6 Å². The first-order valence-electron chi connectivity index (χ1n) is 20.4. The van der Waals surface area contributed by atoms with Crippen LogP contribution in [0, 0.1) is 0 Å². The summed E-state index contributed by atoms with van der Waals surface area (Å²) in [5.74, 6) is -0.729. The number of pyridine rings is 2. The smallest absolute Gasteiger partial charge is 0.545 e. The van der Waals surface area contributed by atoms with Crippen molar-refractivity contribution >= 4 is 46.6 Å². The minimum atomic E-state index is -1.25. The minimum absolute atomic E-state index is 0. The Bertz CT molecular complexity index is 2780. The number of benzene rings is 4. The molecule has 0 amide bonds. The first-order valence-corrected chi connectivity index (χ1v) is 22.1. The summed E-state index contributed by atoms with van der Waals surface area (Å²) in [7, 11) is 0. The van der Waals surface area contributed by atoms with Crippen molar-refractivity contribution in [2.24, 2.45) is 0 Å². The molecule has 2 atom stereocenters. The zero-order valence-corrected chi connectivity index (χ0v) is 42.4. The summed E-state index contributed by atoms with van der Waals surface area (Å²) < 4.78 is 5.94. The molecular formula is C48H42N8Na2O6S2. The van der Waals surface area contributed by atoms with Gasteiger partial charge in [0.05, 0.1) is 11.9 Å². The number of nitrogens with one attached hydrogen (secondary N) is 4. The van der Waals surface area contributed by atoms with Crippen molar-refractivity contribution in [3.05, 3.63) is 175 Å². The Balaban J connectivity index is 0.000000240. The second-order valence-corrected chi connectivity index (χ2v) is 16.1. The maximum atomic E-state index is 11.5. The van der Waals surface area contributed by atoms with E-state index in [1.54, 1.807) is 24.5 Å². The summed E-state index contributed by atoms with van der Waals surface area (Å²) in [6.45, 7) is 4.08. The molecular weight excluding hydrogens is 895 g/mol. The largest absolute Gasteiger partial charge is 1.00 e. The first kappa shape index (κ1) is 51.4. The average molecular weight is 937 g/mol. The van der Waals surface area contributed by atoms with Gasteiger partial charge in [-0.15, -0.1) is 0 Å². The number of anilines is 2. The molecule has 14 nitrogen and oxygen atoms in total. The third-order valence-corrected chi connectivity index (χ3v) is 11.6. The van der Waals surface area contributed by atoms with E-state index < -0.39 is 11.9 Å². The SMILES string of the molecule is CCC(Cc1ccc(-c2ccccc2-c2nc(=O)s[nH]2)cc1)Nc1ncccc1C(=O)[O-].CCC(Cc1ccc(-c2ccccc2-c2nc(=O)s[nH]2)cc1)Nc1ncccc1C(=O)[O-].[Na+].[Na+]. The van der Waals surface area contributed by atoms with E-state index in [1.807, 2.05) is 86.6 Å². The van der Waals surface area contributed by atoms with Crippen LogP contribution in [0.15, 0.2) is 143 Å². The van der Waals surface area contributed by atoms with Crippen LogP contribution in [0.25, 0.3) is 45.0 Å². The number of nitrogens with zero attached hydrogens (tertiary/aromatic N) is 4. The number of H-pyrrole nitrogens is 2. The number of carbonyl (C=O) groups excluding carboxylic acids is 2. The normalized spacial score (nSPS) is 11.4. The van der Waals surface area contributed by atoms with Crippen LogP contribution in [-0.4, -0.2) is 52.7 Å². The molecule has 0 aliphatic rings. The van der Waals surface area contributed by atoms with Crippen molar-refractivity contribution < 1.29 is 78.9 Å². The molecule has 0 aliphatic heterocycles. The molecule has 0 radical (unpaired) electrons. The molecule has 0 bridgehead atoms. The molecule has 2 unspecified atom stereocenters. The number of hydrogen-bond acceptors (Lipinski definition) is 14. The van der Waals surface area contributed by atoms with Gasteiger partial charge < -0.3 is 30.4 Å². The standard InChI is InChI=1S/2C24H22N4O3S.2Na/c2*1-2-17(26-21-20(23(29)30)8-5-13-25-21)14-15-9-11-16(12-10-15)18-6-3-4-7-19(18)22-27-24(31)32-28-22;;/h2*3-13,17H,2,14H2,1H3,(H,25,26)(H,29,30)(H,27,28,31);;/q;;2*+1/p-2. The predicted molar refractivity (Wildman–Crippen MR) is 247 cm³/mol. The molecule has 0 spiro atoms. The fourth-order valence-electron chi connectivity index (χ4n) is 7.13. The number of aromatic amines is 2. The molecule has 324 valence electrons. The van der Waals surface area contributed by atoms with Crippen LogP contribution in [0.5, 0.6) is 0 Å². The van der Waals surface area contributed by atoms with Crippen molar-refractivity contribution in [2.45, 2.75) is 51.6 Å². The summed E-state index contributed by atoms with van der Waals surface area (Å²) in [6.07, 6.45) is 6.13. The Morgan fingerprint density at radius 3 is 1.23 bits per heavy atom. The van der Waals surface area contributed by atoms with E-state index >= 15 is 0 Å². The number of carboxylic acids is 2. The average Bonchev–Trinajstić information content (AvgIpc) is 3.97. The van der Waals surface area contributed by atoms with Crippen LogP contribution < -0.4 is 89.7 Å². The van der Waals surface area contributed by atoms with Gasteiger partial charge in [0.25, 0.3) is 0 Å². The molecule has 18 heteroatoms. The molecule has 0 saturated heterocycles. The third-order valence-electron chi connectivity index (χ3n) is 10.5. The van der Waals surface area contributed by atoms with Crippen molar-refractivity contribution in [3.63, 3.8) is 0 Å². The van der Waals surface area contributed by atoms with Crippen LogP contribution >= 0.6 is 23.1 Å². The number of aromatic carboxylic acids is 2. The van der Waals surface area contributed by atoms with Gasteiger partial charge in [0, 0.05) is 69.8 Å². The number of aromatic nitrogens is 6. The van der Waals surface area contributed by atoms with Gasteiger partial charge in [-0.3, -0.25) is 18.3 Å². The van der Waals surface area contributed by atoms with E-state index in [9.17, 15) is 29.4 Å². The molecule has 8 rings (SSSR count). The first-order chi connectivity index (χ1) is 31.1. The molecule has 4 heterocycles. The summed E-state index contributed by atoms with van der Waals surface area (Å²) in [5.41, 5.74) is 8.07. The van der Waals surface area contributed by atoms with Crippen molar-refractivity contribution in [3.8, 4) is 45.0 Å². The maximum Gasteiger partial charge on any atom is 1.00 e. The Kier molecular flexibility index (Phi) is 19.3. The molecule has 0 aliphatic carbocycles. The summed E-state index contributed by atoms with van der Waals surface area (Å²) in [6, 6.07) is 38.2. The zero-order valence-electron chi connectivity index (χ0n) is 36.7. The van der Waals surface area contributed by atoms with Gasteiger partial charge in [0.15, 0.2) is 11.6 Å². The van der Waals surface area contributed by atoms with Gasteiger partial charge in [-0.25, -0.2) is 9.97 Å². The Hall–Kier alpha value is -5.56. The van der Waals surface area contributed by atoms with E-state index in [4.69, 9.17) is 0 Å². The Morgan fingerprint density at radius 1 is 0.545 bits per heavy atom. The van der Waals surface area contributed by atoms with Crippen molar-refractivity contribution in [1.29, 1.82) is 0 Å². The molecule has 4 N–H and O–H groups in total. The fraction of sp³-hybridized carbons (Fsp3) is 0.167. The molecule has 8 aromatic rings. The monoisotopic (exact) mass is 936 g/mol. The van der Waals surface area contributed by atoms with Gasteiger partial charge in [-0.2, -0.15) is 9.97 Å². The van der Waals surface area contributed by atoms with Crippen LogP contribution in [0.2, 0.25) is 0 Å². The summed E-state index contributed by atoms with van der Waals surface area (Å²) >= 11 is 1.95. The third kappa shape index (κ3) is 13.3. The number of carbonyl (C=O) groups is 2. The molecule has 66 heavy (non-hydrogen) atoms. The second kappa shape index (κ2) is 24.8. The van der Waals surface area contributed by atoms with Crippen LogP contribution in [0.1, 0.15) is 58.5 Å². The van der Waals surface area contributed by atoms with Crippen LogP contribution in [0.3, 0.4) is 0 Å². The fourth-order valence-corrected chi connectivity index (χ4v) is 8.09. The van der Waals surface area contributed by atoms with Gasteiger partial charge in [0.2, 0.25) is 0 Å². The summed E-state index contributed by atoms with van der Waals surface area (Å²) in [5, 5.41) is 29.1. The summed E-state index contributed by atoms with van der Waals surface area (Å²) in [4.78, 5) is 61.6. The van der Waals surface area contributed by atoms with E-state index in [0.717, 1.165) is 80.4 Å². The second-order valence-electron chi connectivity index (χ2n) is 14.6. The van der Waals surface area contributed by atoms with Crippen molar-refractivity contribution in [1.82, 2.24) is 28.7 Å². The molecule has 4 aromatic carbocycles. The zero-order chi connectivity index (χ0) is 45.0. The quantitative estimate of drug-likeness (QED) is 0.0986.